The van der Waals surface area contributed by atoms with Crippen molar-refractivity contribution in [1.82, 2.24) is 20.8 Å². The Kier molecular flexibility index (Phi) is 5.75. The Bertz CT molecular complexity index is 1020. The van der Waals surface area contributed by atoms with Gasteiger partial charge in [-0.15, -0.1) is 5.10 Å². The number of rotatable bonds is 4. The van der Waals surface area contributed by atoms with E-state index in [1.807, 2.05) is 23.1 Å². The maximum atomic E-state index is 14.0. The fourth-order valence-electron chi connectivity index (χ4n) is 4.18. The zero-order valence-electron chi connectivity index (χ0n) is 17.2. The number of carbonyl (C=O) groups excluding carboxylic acids is 2. The molecule has 2 atom stereocenters. The van der Waals surface area contributed by atoms with E-state index in [9.17, 15) is 14.0 Å². The van der Waals surface area contributed by atoms with Gasteiger partial charge in [0.15, 0.2) is 5.17 Å². The van der Waals surface area contributed by atoms with E-state index in [0.29, 0.717) is 43.5 Å². The van der Waals surface area contributed by atoms with Crippen LogP contribution in [0.4, 0.5) is 10.1 Å². The van der Waals surface area contributed by atoms with Crippen molar-refractivity contribution in [3.8, 4) is 0 Å². The van der Waals surface area contributed by atoms with Crippen LogP contribution >= 0.6 is 11.8 Å². The minimum absolute atomic E-state index is 0.0129. The summed E-state index contributed by atoms with van der Waals surface area (Å²) in [5, 5.41) is 6.41. The monoisotopic (exact) mass is 458 g/mol. The zero-order valence-corrected chi connectivity index (χ0v) is 18.1. The number of thioether (sulfide) groups is 1. The first-order valence-corrected chi connectivity index (χ1v) is 11.4. The van der Waals surface area contributed by atoms with Gasteiger partial charge in [-0.2, -0.15) is 0 Å². The molecule has 0 saturated carbocycles. The van der Waals surface area contributed by atoms with E-state index in [0.717, 1.165) is 5.76 Å². The number of fused-ring (bicyclic) bond motifs is 1. The summed E-state index contributed by atoms with van der Waals surface area (Å²) in [6, 6.07) is 9.81. The molecule has 2 amide bonds. The average molecular weight is 459 g/mol. The van der Waals surface area contributed by atoms with E-state index in [2.05, 4.69) is 16.0 Å². The smallest absolute Gasteiger partial charge is 0.264 e. The highest BCUT2D eigenvalue weighted by Crippen LogP contribution is 2.31. The van der Waals surface area contributed by atoms with Gasteiger partial charge in [-0.3, -0.25) is 14.6 Å². The van der Waals surface area contributed by atoms with E-state index in [-0.39, 0.29) is 29.4 Å². The molecule has 0 radical (unpaired) electrons. The van der Waals surface area contributed by atoms with Crippen LogP contribution in [0.3, 0.4) is 0 Å². The van der Waals surface area contributed by atoms with E-state index < -0.39 is 6.04 Å². The predicted molar refractivity (Wildman–Crippen MR) is 118 cm³/mol. The number of hydrogen-bond donors (Lipinski definition) is 2. The van der Waals surface area contributed by atoms with Crippen LogP contribution in [0.1, 0.15) is 18.2 Å². The number of para-hydroxylation sites is 1. The van der Waals surface area contributed by atoms with Crippen LogP contribution in [0.2, 0.25) is 0 Å². The highest BCUT2D eigenvalue weighted by molar-refractivity contribution is 8.14. The van der Waals surface area contributed by atoms with Crippen molar-refractivity contribution >= 4 is 34.4 Å². The van der Waals surface area contributed by atoms with E-state index in [1.165, 1.54) is 17.8 Å². The number of carbonyl (C=O) groups is 2. The first kappa shape index (κ1) is 20.8. The van der Waals surface area contributed by atoms with Crippen LogP contribution < -0.4 is 15.8 Å². The van der Waals surface area contributed by atoms with Crippen LogP contribution in [0.5, 0.6) is 0 Å². The lowest BCUT2D eigenvalue weighted by atomic mass is 10.1. The molecular formula is C21H23FN6O3S. The number of amides is 2. The quantitative estimate of drug-likeness (QED) is 0.718. The number of anilines is 1. The molecule has 4 heterocycles. The normalized spacial score (nSPS) is 23.1. The van der Waals surface area contributed by atoms with Gasteiger partial charge in [0.25, 0.3) is 5.91 Å². The molecule has 2 aromatic rings. The molecule has 2 saturated heterocycles. The van der Waals surface area contributed by atoms with Crippen molar-refractivity contribution in [2.45, 2.75) is 18.5 Å². The fraction of sp³-hybridized carbons (Fsp3) is 0.381. The molecule has 5 rings (SSSR count). The fourth-order valence-corrected chi connectivity index (χ4v) is 5.04. The molecule has 0 spiro atoms. The van der Waals surface area contributed by atoms with E-state index in [4.69, 9.17) is 4.42 Å². The number of amidine groups is 1. The van der Waals surface area contributed by atoms with Gasteiger partial charge in [0.05, 0.1) is 23.7 Å². The summed E-state index contributed by atoms with van der Waals surface area (Å²) >= 11 is 1.28. The van der Waals surface area contributed by atoms with Crippen LogP contribution in [0, 0.1) is 5.82 Å². The lowest BCUT2D eigenvalue weighted by Gasteiger charge is -2.36. The molecule has 3 aliphatic rings. The van der Waals surface area contributed by atoms with Crippen LogP contribution in [0.15, 0.2) is 52.2 Å². The van der Waals surface area contributed by atoms with Crippen molar-refractivity contribution in [2.75, 3.05) is 36.8 Å². The second kappa shape index (κ2) is 8.83. The van der Waals surface area contributed by atoms with Crippen molar-refractivity contribution < 1.29 is 18.4 Å². The third kappa shape index (κ3) is 4.05. The van der Waals surface area contributed by atoms with Crippen molar-refractivity contribution in [3.05, 3.63) is 54.2 Å². The third-order valence-corrected chi connectivity index (χ3v) is 6.81. The summed E-state index contributed by atoms with van der Waals surface area (Å²) in [4.78, 5) is 28.8. The van der Waals surface area contributed by atoms with Gasteiger partial charge in [0.2, 0.25) is 5.91 Å². The minimum atomic E-state index is -0.412. The Labute approximate surface area is 188 Å². The Morgan fingerprint density at radius 2 is 2.00 bits per heavy atom. The number of hydrazine groups is 1. The van der Waals surface area contributed by atoms with Gasteiger partial charge >= 0.3 is 0 Å². The number of furan rings is 1. The topological polar surface area (TPSA) is 93.4 Å². The van der Waals surface area contributed by atoms with Gasteiger partial charge in [-0.25, -0.2) is 15.2 Å². The summed E-state index contributed by atoms with van der Waals surface area (Å²) < 4.78 is 19.5. The highest BCUT2D eigenvalue weighted by atomic mass is 32.2. The number of benzene rings is 1. The third-order valence-electron chi connectivity index (χ3n) is 5.87. The molecule has 2 N–H and O–H groups in total. The largest absolute Gasteiger partial charge is 0.468 e. The zero-order chi connectivity index (χ0) is 22.1. The second-order valence-corrected chi connectivity index (χ2v) is 8.74. The molecule has 11 heteroatoms. The Morgan fingerprint density at radius 3 is 2.75 bits per heavy atom. The van der Waals surface area contributed by atoms with Crippen molar-refractivity contribution in [2.24, 2.45) is 5.10 Å². The summed E-state index contributed by atoms with van der Waals surface area (Å²) in [5.74, 6) is 0.499. The van der Waals surface area contributed by atoms with Gasteiger partial charge in [-0.1, -0.05) is 23.9 Å². The molecule has 1 aromatic heterocycles. The number of piperazine rings is 1. The van der Waals surface area contributed by atoms with Gasteiger partial charge in [0, 0.05) is 32.6 Å². The van der Waals surface area contributed by atoms with Gasteiger partial charge < -0.3 is 14.2 Å². The summed E-state index contributed by atoms with van der Waals surface area (Å²) in [7, 11) is 0. The Balaban J connectivity index is 1.16. The van der Waals surface area contributed by atoms with E-state index >= 15 is 0 Å². The number of halogens is 1. The molecule has 0 bridgehead atoms. The molecule has 2 fully saturated rings. The second-order valence-electron chi connectivity index (χ2n) is 7.80. The summed E-state index contributed by atoms with van der Waals surface area (Å²) in [6.07, 6.45) is 2.15. The first-order chi connectivity index (χ1) is 15.6. The van der Waals surface area contributed by atoms with Crippen molar-refractivity contribution in [1.29, 1.82) is 0 Å². The maximum Gasteiger partial charge on any atom is 0.264 e. The van der Waals surface area contributed by atoms with E-state index in [1.54, 1.807) is 28.3 Å². The molecule has 3 aliphatic heterocycles. The van der Waals surface area contributed by atoms with Crippen LogP contribution in [0.25, 0.3) is 0 Å². The molecule has 1 aromatic carbocycles. The Morgan fingerprint density at radius 1 is 1.19 bits per heavy atom. The van der Waals surface area contributed by atoms with Gasteiger partial charge in [0.1, 0.15) is 17.6 Å². The number of hydrogen-bond acceptors (Lipinski definition) is 8. The Hall–Kier alpha value is -3.05. The minimum Gasteiger partial charge on any atom is -0.468 e. The lowest BCUT2D eigenvalue weighted by molar-refractivity contribution is -0.128. The maximum absolute atomic E-state index is 14.0. The molecule has 9 nitrogen and oxygen atoms in total. The van der Waals surface area contributed by atoms with Crippen molar-refractivity contribution in [3.63, 3.8) is 0 Å². The number of nitrogens with one attached hydrogen (secondary N) is 2. The molecule has 32 heavy (non-hydrogen) atoms. The lowest BCUT2D eigenvalue weighted by Crippen LogP contribution is -2.53. The molecule has 2 unspecified atom stereocenters. The molecule has 168 valence electrons. The summed E-state index contributed by atoms with van der Waals surface area (Å²) in [6.45, 7) is 2.22. The molecule has 0 aliphatic carbocycles. The van der Waals surface area contributed by atoms with Gasteiger partial charge in [-0.05, 0) is 24.3 Å². The standard InChI is InChI=1S/C21H23FN6O3S/c22-14-4-1-2-5-16(14)26-7-9-27(10-8-26)19(29)13-32-21-24-23-20(30)17-12-15(25-28(17)21)18-6-3-11-31-18/h1-6,11,15,17,25H,7-10,12-13H2,(H,23,30). The highest BCUT2D eigenvalue weighted by Gasteiger charge is 2.43. The van der Waals surface area contributed by atoms with Crippen LogP contribution in [-0.4, -0.2) is 64.9 Å². The van der Waals surface area contributed by atoms with Crippen LogP contribution in [-0.2, 0) is 9.59 Å². The summed E-state index contributed by atoms with van der Waals surface area (Å²) in [5.41, 5.74) is 6.39. The molecular weight excluding hydrogens is 435 g/mol. The average Bonchev–Trinajstić information content (AvgIpc) is 3.50. The SMILES string of the molecule is O=C1NN=C(SCC(=O)N2CCN(c3ccccc3F)CC2)N2NC(c3ccco3)CC12. The number of hydrazone groups is 1. The number of nitrogens with zero attached hydrogens (tertiary/aromatic N) is 4. The first-order valence-electron chi connectivity index (χ1n) is 10.5. The predicted octanol–water partition coefficient (Wildman–Crippen LogP) is 1.52.